The van der Waals surface area contributed by atoms with Crippen molar-refractivity contribution in [3.8, 4) is 17.6 Å². The minimum atomic E-state index is -0.198. The van der Waals surface area contributed by atoms with Crippen LogP contribution in [0.4, 0.5) is 5.69 Å². The van der Waals surface area contributed by atoms with E-state index in [0.29, 0.717) is 21.6 Å². The number of aliphatic imine (C=N–C) groups is 1. The zero-order valence-corrected chi connectivity index (χ0v) is 18.1. The zero-order chi connectivity index (χ0) is 20.1. The van der Waals surface area contributed by atoms with Crippen LogP contribution in [0.2, 0.25) is 0 Å². The SMILES string of the molecule is COc1cc(C=C2SC(=Nc3ccccc3C)NC2=O)cc(I)c1OCC#N. The first-order valence-corrected chi connectivity index (χ1v) is 10.1. The van der Waals surface area contributed by atoms with E-state index in [1.165, 1.54) is 18.9 Å². The molecular weight excluding hydrogens is 489 g/mol. The van der Waals surface area contributed by atoms with Gasteiger partial charge in [-0.15, -0.1) is 0 Å². The summed E-state index contributed by atoms with van der Waals surface area (Å²) in [5.74, 6) is 0.819. The fraction of sp³-hybridized carbons (Fsp3) is 0.150. The molecule has 0 bridgehead atoms. The molecule has 0 aromatic heterocycles. The van der Waals surface area contributed by atoms with Gasteiger partial charge in [0.05, 0.1) is 21.3 Å². The minimum absolute atomic E-state index is 0.0657. The molecule has 3 rings (SSSR count). The van der Waals surface area contributed by atoms with Crippen molar-refractivity contribution in [2.45, 2.75) is 6.92 Å². The van der Waals surface area contributed by atoms with E-state index >= 15 is 0 Å². The smallest absolute Gasteiger partial charge is 0.264 e. The Morgan fingerprint density at radius 1 is 1.36 bits per heavy atom. The van der Waals surface area contributed by atoms with Crippen LogP contribution < -0.4 is 14.8 Å². The Morgan fingerprint density at radius 3 is 2.86 bits per heavy atom. The van der Waals surface area contributed by atoms with Crippen LogP contribution in [0.15, 0.2) is 46.3 Å². The predicted molar refractivity (Wildman–Crippen MR) is 119 cm³/mol. The van der Waals surface area contributed by atoms with E-state index in [4.69, 9.17) is 14.7 Å². The molecule has 2 aromatic rings. The second-order valence-corrected chi connectivity index (χ2v) is 7.94. The monoisotopic (exact) mass is 505 g/mol. The van der Waals surface area contributed by atoms with Crippen molar-refractivity contribution in [1.82, 2.24) is 5.32 Å². The van der Waals surface area contributed by atoms with Gasteiger partial charge in [0.1, 0.15) is 6.07 Å². The van der Waals surface area contributed by atoms with Crippen LogP contribution in [-0.4, -0.2) is 24.8 Å². The quantitative estimate of drug-likeness (QED) is 0.481. The number of hydrogen-bond acceptors (Lipinski definition) is 6. The number of thioether (sulfide) groups is 1. The third kappa shape index (κ3) is 4.66. The summed E-state index contributed by atoms with van der Waals surface area (Å²) in [6, 6.07) is 13.3. The van der Waals surface area contributed by atoms with E-state index < -0.39 is 0 Å². The molecule has 0 spiro atoms. The first-order valence-electron chi connectivity index (χ1n) is 8.24. The van der Waals surface area contributed by atoms with E-state index in [0.717, 1.165) is 20.4 Å². The molecule has 0 saturated carbocycles. The van der Waals surface area contributed by atoms with Crippen LogP contribution in [0.5, 0.6) is 11.5 Å². The number of aryl methyl sites for hydroxylation is 1. The maximum absolute atomic E-state index is 12.3. The molecule has 1 heterocycles. The second-order valence-electron chi connectivity index (χ2n) is 5.75. The van der Waals surface area contributed by atoms with Crippen molar-refractivity contribution >= 4 is 57.2 Å². The normalized spacial score (nSPS) is 16.1. The second kappa shape index (κ2) is 9.12. The number of amidine groups is 1. The lowest BCUT2D eigenvalue weighted by Gasteiger charge is -2.11. The predicted octanol–water partition coefficient (Wildman–Crippen LogP) is 4.40. The number of benzene rings is 2. The molecule has 0 aliphatic carbocycles. The van der Waals surface area contributed by atoms with Crippen molar-refractivity contribution in [2.24, 2.45) is 4.99 Å². The number of nitriles is 1. The minimum Gasteiger partial charge on any atom is -0.493 e. The number of methoxy groups -OCH3 is 1. The Kier molecular flexibility index (Phi) is 6.59. The average Bonchev–Trinajstić information content (AvgIpc) is 3.01. The molecule has 142 valence electrons. The number of halogens is 1. The van der Waals surface area contributed by atoms with E-state index in [1.807, 2.05) is 43.3 Å². The number of nitrogens with zero attached hydrogens (tertiary/aromatic N) is 2. The van der Waals surface area contributed by atoms with E-state index in [2.05, 4.69) is 32.9 Å². The summed E-state index contributed by atoms with van der Waals surface area (Å²) in [4.78, 5) is 17.4. The molecule has 0 unspecified atom stereocenters. The first kappa shape index (κ1) is 20.2. The average molecular weight is 505 g/mol. The number of para-hydroxylation sites is 1. The number of nitrogens with one attached hydrogen (secondary N) is 1. The van der Waals surface area contributed by atoms with Crippen molar-refractivity contribution in [1.29, 1.82) is 5.26 Å². The lowest BCUT2D eigenvalue weighted by Crippen LogP contribution is -2.19. The Bertz CT molecular complexity index is 1030. The Balaban J connectivity index is 1.88. The maximum Gasteiger partial charge on any atom is 0.264 e. The molecule has 1 saturated heterocycles. The van der Waals surface area contributed by atoms with Gasteiger partial charge in [0.2, 0.25) is 0 Å². The van der Waals surface area contributed by atoms with Crippen molar-refractivity contribution in [3.63, 3.8) is 0 Å². The van der Waals surface area contributed by atoms with E-state index in [1.54, 1.807) is 12.1 Å². The summed E-state index contributed by atoms with van der Waals surface area (Å²) in [5.41, 5.74) is 2.65. The molecule has 2 aromatic carbocycles. The highest BCUT2D eigenvalue weighted by Gasteiger charge is 2.24. The van der Waals surface area contributed by atoms with Crippen LogP contribution >= 0.6 is 34.4 Å². The molecule has 0 atom stereocenters. The fourth-order valence-electron chi connectivity index (χ4n) is 2.50. The summed E-state index contributed by atoms with van der Waals surface area (Å²) >= 11 is 3.40. The number of hydrogen-bond donors (Lipinski definition) is 1. The highest BCUT2D eigenvalue weighted by Crippen LogP contribution is 2.36. The number of carbonyl (C=O) groups excluding carboxylic acids is 1. The highest BCUT2D eigenvalue weighted by atomic mass is 127. The summed E-state index contributed by atoms with van der Waals surface area (Å²) < 4.78 is 11.6. The Hall–Kier alpha value is -2.51. The molecule has 1 aliphatic rings. The van der Waals surface area contributed by atoms with Crippen LogP contribution in [0.1, 0.15) is 11.1 Å². The number of carbonyl (C=O) groups is 1. The van der Waals surface area contributed by atoms with Crippen molar-refractivity contribution < 1.29 is 14.3 Å². The van der Waals surface area contributed by atoms with Gasteiger partial charge in [0.15, 0.2) is 23.3 Å². The molecular formula is C20H16IN3O3S. The van der Waals surface area contributed by atoms with Gasteiger partial charge in [0.25, 0.3) is 5.91 Å². The Labute approximate surface area is 180 Å². The van der Waals surface area contributed by atoms with Gasteiger partial charge in [0, 0.05) is 0 Å². The van der Waals surface area contributed by atoms with Crippen molar-refractivity contribution in [2.75, 3.05) is 13.7 Å². The summed E-state index contributed by atoms with van der Waals surface area (Å²) in [6.45, 7) is 1.91. The standard InChI is InChI=1S/C20H16IN3O3S/c1-12-5-3-4-6-15(12)23-20-24-19(25)17(28-20)11-13-9-14(21)18(27-8-7-22)16(10-13)26-2/h3-6,9-11H,8H2,1-2H3,(H,23,24,25). The van der Waals surface area contributed by atoms with Crippen LogP contribution in [0, 0.1) is 21.8 Å². The topological polar surface area (TPSA) is 83.7 Å². The van der Waals surface area contributed by atoms with Gasteiger partial charge in [-0.1, -0.05) is 18.2 Å². The zero-order valence-electron chi connectivity index (χ0n) is 15.2. The van der Waals surface area contributed by atoms with Gasteiger partial charge in [-0.05, 0) is 76.7 Å². The van der Waals surface area contributed by atoms with Crippen LogP contribution in [0.3, 0.4) is 0 Å². The van der Waals surface area contributed by atoms with Crippen LogP contribution in [-0.2, 0) is 4.79 Å². The lowest BCUT2D eigenvalue weighted by molar-refractivity contribution is -0.115. The van der Waals surface area contributed by atoms with Gasteiger partial charge < -0.3 is 14.8 Å². The maximum atomic E-state index is 12.3. The van der Waals surface area contributed by atoms with Gasteiger partial charge in [-0.3, -0.25) is 4.79 Å². The summed E-state index contributed by atoms with van der Waals surface area (Å²) in [6.07, 6.45) is 1.78. The molecule has 1 fully saturated rings. The summed E-state index contributed by atoms with van der Waals surface area (Å²) in [5, 5.41) is 12.1. The molecule has 0 radical (unpaired) electrons. The molecule has 1 aliphatic heterocycles. The molecule has 1 N–H and O–H groups in total. The highest BCUT2D eigenvalue weighted by molar-refractivity contribution is 14.1. The lowest BCUT2D eigenvalue weighted by atomic mass is 10.2. The fourth-order valence-corrected chi connectivity index (χ4v) is 4.11. The van der Waals surface area contributed by atoms with E-state index in [9.17, 15) is 4.79 Å². The molecule has 28 heavy (non-hydrogen) atoms. The Morgan fingerprint density at radius 2 is 2.14 bits per heavy atom. The summed E-state index contributed by atoms with van der Waals surface area (Å²) in [7, 11) is 1.53. The van der Waals surface area contributed by atoms with Gasteiger partial charge in [-0.25, -0.2) is 4.99 Å². The number of amides is 1. The molecule has 8 heteroatoms. The molecule has 6 nitrogen and oxygen atoms in total. The van der Waals surface area contributed by atoms with Crippen molar-refractivity contribution in [3.05, 3.63) is 56.0 Å². The van der Waals surface area contributed by atoms with E-state index in [-0.39, 0.29) is 12.5 Å². The van der Waals surface area contributed by atoms with Crippen LogP contribution in [0.25, 0.3) is 6.08 Å². The van der Waals surface area contributed by atoms with Gasteiger partial charge >= 0.3 is 0 Å². The first-order chi connectivity index (χ1) is 13.5. The number of ether oxygens (including phenoxy) is 2. The number of rotatable bonds is 5. The third-order valence-corrected chi connectivity index (χ3v) is 5.53. The van der Waals surface area contributed by atoms with Gasteiger partial charge in [-0.2, -0.15) is 5.26 Å². The largest absolute Gasteiger partial charge is 0.493 e. The third-order valence-electron chi connectivity index (χ3n) is 3.82. The molecule has 1 amide bonds.